The van der Waals surface area contributed by atoms with Crippen molar-refractivity contribution >= 4 is 5.69 Å². The number of likely N-dealkylation sites (tertiary alicyclic amines) is 1. The van der Waals surface area contributed by atoms with Crippen molar-refractivity contribution in [3.63, 3.8) is 0 Å². The van der Waals surface area contributed by atoms with Crippen LogP contribution >= 0.6 is 0 Å². The first-order chi connectivity index (χ1) is 9.13. The van der Waals surface area contributed by atoms with E-state index in [1.807, 2.05) is 7.11 Å². The molecule has 1 N–H and O–H groups in total. The van der Waals surface area contributed by atoms with Crippen molar-refractivity contribution in [2.24, 2.45) is 0 Å². The van der Waals surface area contributed by atoms with Crippen LogP contribution in [-0.2, 0) is 4.74 Å². The van der Waals surface area contributed by atoms with Crippen LogP contribution in [0.15, 0.2) is 24.3 Å². The van der Waals surface area contributed by atoms with Crippen LogP contribution in [0.2, 0.25) is 0 Å². The number of hydrogen-bond acceptors (Lipinski definition) is 3. The van der Waals surface area contributed by atoms with Crippen molar-refractivity contribution in [3.8, 4) is 0 Å². The minimum absolute atomic E-state index is 0.0426. The van der Waals surface area contributed by atoms with Gasteiger partial charge in [0.15, 0.2) is 0 Å². The van der Waals surface area contributed by atoms with Gasteiger partial charge in [0.25, 0.3) is 0 Å². The minimum Gasteiger partial charge on any atom is -0.384 e. The first-order valence-corrected chi connectivity index (χ1v) is 7.20. The Morgan fingerprint density at radius 1 is 1.37 bits per heavy atom. The summed E-state index contributed by atoms with van der Waals surface area (Å²) in [5.74, 6) is 0. The van der Waals surface area contributed by atoms with E-state index in [2.05, 4.69) is 48.3 Å². The highest BCUT2D eigenvalue weighted by Crippen LogP contribution is 2.23. The summed E-state index contributed by atoms with van der Waals surface area (Å²) in [6, 6.07) is 8.45. The molecule has 3 heteroatoms. The number of hydrogen-bond donors (Lipinski definition) is 1. The molecule has 2 rings (SSSR count). The van der Waals surface area contributed by atoms with Crippen molar-refractivity contribution in [1.82, 2.24) is 4.90 Å². The molecule has 1 aromatic rings. The largest absolute Gasteiger partial charge is 0.384 e. The molecule has 106 valence electrons. The molecule has 0 aromatic heterocycles. The van der Waals surface area contributed by atoms with E-state index in [9.17, 15) is 0 Å². The van der Waals surface area contributed by atoms with Gasteiger partial charge in [0.1, 0.15) is 0 Å². The van der Waals surface area contributed by atoms with E-state index < -0.39 is 0 Å². The summed E-state index contributed by atoms with van der Waals surface area (Å²) in [5, 5.41) is 3.52. The van der Waals surface area contributed by atoms with E-state index in [0.29, 0.717) is 0 Å². The predicted molar refractivity (Wildman–Crippen MR) is 80.8 cm³/mol. The van der Waals surface area contributed by atoms with Crippen molar-refractivity contribution in [3.05, 3.63) is 29.8 Å². The van der Waals surface area contributed by atoms with Crippen LogP contribution < -0.4 is 5.32 Å². The second-order valence-corrected chi connectivity index (χ2v) is 5.78. The van der Waals surface area contributed by atoms with E-state index >= 15 is 0 Å². The molecule has 1 aliphatic rings. The number of nitrogens with one attached hydrogen (secondary N) is 1. The number of rotatable bonds is 5. The van der Waals surface area contributed by atoms with Gasteiger partial charge < -0.3 is 10.1 Å². The molecule has 19 heavy (non-hydrogen) atoms. The van der Waals surface area contributed by atoms with Crippen molar-refractivity contribution in [2.45, 2.75) is 32.3 Å². The highest BCUT2D eigenvalue weighted by atomic mass is 16.5. The molecule has 1 aliphatic heterocycles. The zero-order valence-corrected chi connectivity index (χ0v) is 12.4. The van der Waals surface area contributed by atoms with Crippen LogP contribution in [0.25, 0.3) is 0 Å². The maximum absolute atomic E-state index is 5.63. The predicted octanol–water partition coefficient (Wildman–Crippen LogP) is 2.91. The Morgan fingerprint density at radius 3 is 2.89 bits per heavy atom. The topological polar surface area (TPSA) is 24.5 Å². The molecule has 0 amide bonds. The van der Waals surface area contributed by atoms with Gasteiger partial charge in [-0.2, -0.15) is 0 Å². The molecule has 0 bridgehead atoms. The normalized spacial score (nSPS) is 24.4. The minimum atomic E-state index is 0.0426. The lowest BCUT2D eigenvalue weighted by Gasteiger charge is -2.39. The van der Waals surface area contributed by atoms with Crippen molar-refractivity contribution in [2.75, 3.05) is 38.6 Å². The van der Waals surface area contributed by atoms with E-state index in [-0.39, 0.29) is 5.60 Å². The Balaban J connectivity index is 1.78. The molecule has 1 heterocycles. The Morgan fingerprint density at radius 2 is 2.16 bits per heavy atom. The van der Waals surface area contributed by atoms with Gasteiger partial charge in [-0.15, -0.1) is 0 Å². The first-order valence-electron chi connectivity index (χ1n) is 7.20. The molecule has 0 saturated carbocycles. The van der Waals surface area contributed by atoms with Crippen LogP contribution in [0.1, 0.15) is 25.3 Å². The molecule has 1 saturated heterocycles. The second-order valence-electron chi connectivity index (χ2n) is 5.78. The maximum Gasteiger partial charge on any atom is 0.0777 e. The van der Waals surface area contributed by atoms with Gasteiger partial charge in [0.05, 0.1) is 5.60 Å². The lowest BCUT2D eigenvalue weighted by molar-refractivity contribution is -0.0496. The number of anilines is 1. The molecule has 3 nitrogen and oxygen atoms in total. The van der Waals surface area contributed by atoms with Crippen molar-refractivity contribution in [1.29, 1.82) is 0 Å². The number of piperidine rings is 1. The molecule has 1 aromatic carbocycles. The molecule has 1 fully saturated rings. The van der Waals surface area contributed by atoms with Crippen LogP contribution in [0.5, 0.6) is 0 Å². The summed E-state index contributed by atoms with van der Waals surface area (Å²) >= 11 is 0. The van der Waals surface area contributed by atoms with E-state index in [0.717, 1.165) is 19.6 Å². The number of benzene rings is 1. The number of ether oxygens (including phenoxy) is 1. The zero-order valence-electron chi connectivity index (χ0n) is 12.4. The highest BCUT2D eigenvalue weighted by molar-refractivity contribution is 5.50. The van der Waals surface area contributed by atoms with E-state index in [1.165, 1.54) is 30.6 Å². The maximum atomic E-state index is 5.63. The monoisotopic (exact) mass is 262 g/mol. The zero-order chi connectivity index (χ0) is 13.7. The third-order valence-electron chi connectivity index (χ3n) is 4.12. The van der Waals surface area contributed by atoms with Gasteiger partial charge in [-0.25, -0.2) is 0 Å². The summed E-state index contributed by atoms with van der Waals surface area (Å²) in [4.78, 5) is 2.50. The van der Waals surface area contributed by atoms with Crippen molar-refractivity contribution < 1.29 is 4.74 Å². The number of para-hydroxylation sites is 1. The Hall–Kier alpha value is -1.06. The van der Waals surface area contributed by atoms with Gasteiger partial charge in [-0.05, 0) is 44.9 Å². The molecule has 0 radical (unpaired) electrons. The Kier molecular flexibility index (Phi) is 4.83. The van der Waals surface area contributed by atoms with Gasteiger partial charge in [-0.1, -0.05) is 18.2 Å². The highest BCUT2D eigenvalue weighted by Gasteiger charge is 2.30. The van der Waals surface area contributed by atoms with Gasteiger partial charge in [0, 0.05) is 32.4 Å². The molecule has 0 aliphatic carbocycles. The number of methoxy groups -OCH3 is 1. The van der Waals surface area contributed by atoms with E-state index in [1.54, 1.807) is 0 Å². The fourth-order valence-electron chi connectivity index (χ4n) is 2.79. The molecular formula is C16H26N2O. The van der Waals surface area contributed by atoms with Gasteiger partial charge >= 0.3 is 0 Å². The third-order valence-corrected chi connectivity index (χ3v) is 4.12. The lowest BCUT2D eigenvalue weighted by Crippen LogP contribution is -2.48. The van der Waals surface area contributed by atoms with Crippen LogP contribution in [0, 0.1) is 6.92 Å². The Bertz CT molecular complexity index is 407. The second kappa shape index (κ2) is 6.40. The average molecular weight is 262 g/mol. The molecule has 1 atom stereocenters. The Labute approximate surface area is 116 Å². The fraction of sp³-hybridized carbons (Fsp3) is 0.625. The summed E-state index contributed by atoms with van der Waals surface area (Å²) in [7, 11) is 1.83. The SMILES string of the molecule is COC1(C)CCCN(CCNc2ccccc2C)C1. The first kappa shape index (κ1) is 14.4. The summed E-state index contributed by atoms with van der Waals surface area (Å²) < 4.78 is 5.63. The summed E-state index contributed by atoms with van der Waals surface area (Å²) in [6.45, 7) is 8.66. The molecule has 1 unspecified atom stereocenters. The number of aryl methyl sites for hydroxylation is 1. The summed E-state index contributed by atoms with van der Waals surface area (Å²) in [6.07, 6.45) is 2.40. The van der Waals surface area contributed by atoms with Crippen LogP contribution in [-0.4, -0.2) is 43.8 Å². The van der Waals surface area contributed by atoms with Crippen LogP contribution in [0.4, 0.5) is 5.69 Å². The van der Waals surface area contributed by atoms with E-state index in [4.69, 9.17) is 4.74 Å². The van der Waals surface area contributed by atoms with Gasteiger partial charge in [0.2, 0.25) is 0 Å². The summed E-state index contributed by atoms with van der Waals surface area (Å²) in [5.41, 5.74) is 2.60. The fourth-order valence-corrected chi connectivity index (χ4v) is 2.79. The standard InChI is InChI=1S/C16H26N2O/c1-14-7-4-5-8-15(14)17-10-12-18-11-6-9-16(2,13-18)19-3/h4-5,7-8,17H,6,9-13H2,1-3H3. The molecule has 0 spiro atoms. The lowest BCUT2D eigenvalue weighted by atomic mass is 9.95. The smallest absolute Gasteiger partial charge is 0.0777 e. The van der Waals surface area contributed by atoms with Crippen LogP contribution in [0.3, 0.4) is 0 Å². The van der Waals surface area contributed by atoms with Gasteiger partial charge in [-0.3, -0.25) is 4.90 Å². The quantitative estimate of drug-likeness (QED) is 0.883. The average Bonchev–Trinajstić information content (AvgIpc) is 2.41. The number of nitrogens with zero attached hydrogens (tertiary/aromatic N) is 1. The molecular weight excluding hydrogens is 236 g/mol. The third kappa shape index (κ3) is 3.95.